The lowest BCUT2D eigenvalue weighted by Gasteiger charge is -2.27. The topological polar surface area (TPSA) is 3.24 Å². The van der Waals surface area contributed by atoms with Crippen LogP contribution in [0.5, 0.6) is 0 Å². The lowest BCUT2D eigenvalue weighted by molar-refractivity contribution is 1.30. The van der Waals surface area contributed by atoms with E-state index in [2.05, 4.69) is 250 Å². The van der Waals surface area contributed by atoms with Crippen LogP contribution >= 0.6 is 43.4 Å². The highest BCUT2D eigenvalue weighted by atomic mass is 32.7. The third-order valence-electron chi connectivity index (χ3n) is 13.5. The molecule has 2 heterocycles. The van der Waals surface area contributed by atoms with Crippen molar-refractivity contribution in [2.24, 2.45) is 0 Å². The maximum absolute atomic E-state index is 3.44. The maximum Gasteiger partial charge on any atom is 0.0468 e. The van der Waals surface area contributed by atoms with Gasteiger partial charge < -0.3 is 4.90 Å². The van der Waals surface area contributed by atoms with Crippen molar-refractivity contribution in [2.45, 2.75) is 0 Å². The second kappa shape index (κ2) is 16.4. The Kier molecular flexibility index (Phi) is 9.84. The Morgan fingerprint density at radius 3 is 1.49 bits per heavy atom. The molecule has 1 unspecified atom stereocenters. The van der Waals surface area contributed by atoms with E-state index in [4.69, 9.17) is 0 Å². The minimum Gasteiger partial charge on any atom is -0.310 e. The van der Waals surface area contributed by atoms with Crippen molar-refractivity contribution in [2.75, 3.05) is 4.90 Å². The van der Waals surface area contributed by atoms with Gasteiger partial charge in [-0.3, -0.25) is 0 Å². The van der Waals surface area contributed by atoms with Crippen molar-refractivity contribution < 1.29 is 0 Å². The van der Waals surface area contributed by atoms with Gasteiger partial charge in [0.2, 0.25) is 0 Å². The molecule has 1 atom stereocenters. The standard InChI is InChI=1S/C62H37NS2.H3PS/c1-3-12-50-38(10-1)20-23-45-36-49(30-31-51(45)50)63(47-28-26-39-32-44(24-21-41(39)34-47)53-16-9-17-56-54-14-5-7-18-58(54)64-61(53)56)48-29-27-40-33-46(25-22-42(40)35-48)60-52-13-4-2-11-43(52)37-57-55-15-6-8-19-59(55)65-62(57)60;1-2/h1-37H;2H,1H2. The molecule has 2 aromatic heterocycles. The van der Waals surface area contributed by atoms with Crippen molar-refractivity contribution in [3.05, 3.63) is 224 Å². The number of hydrogen-bond acceptors (Lipinski definition) is 4. The first kappa shape index (κ1) is 40.3. The highest BCUT2D eigenvalue weighted by molar-refractivity contribution is 8.31. The van der Waals surface area contributed by atoms with E-state index >= 15 is 0 Å². The quantitative estimate of drug-likeness (QED) is 0.102. The van der Waals surface area contributed by atoms with Gasteiger partial charge in [-0.15, -0.1) is 22.7 Å². The predicted octanol–water partition coefficient (Wildman–Crippen LogP) is 19.7. The largest absolute Gasteiger partial charge is 0.310 e. The summed E-state index contributed by atoms with van der Waals surface area (Å²) in [6.45, 7) is 0. The van der Waals surface area contributed by atoms with Crippen LogP contribution in [-0.4, -0.2) is 0 Å². The predicted molar refractivity (Wildman–Crippen MR) is 304 cm³/mol. The Morgan fingerprint density at radius 1 is 0.299 bits per heavy atom. The fraction of sp³-hybridized carbons (Fsp3) is 0. The van der Waals surface area contributed by atoms with E-state index in [-0.39, 0.29) is 0 Å². The van der Waals surface area contributed by atoms with Crippen LogP contribution in [-0.2, 0) is 0 Å². The van der Waals surface area contributed by atoms with E-state index in [0.29, 0.717) is 0 Å². The molecule has 316 valence electrons. The van der Waals surface area contributed by atoms with E-state index in [1.807, 2.05) is 22.7 Å². The van der Waals surface area contributed by atoms with Gasteiger partial charge in [-0.2, -0.15) is 12.2 Å². The van der Waals surface area contributed by atoms with Crippen LogP contribution in [0, 0.1) is 0 Å². The van der Waals surface area contributed by atoms with Gasteiger partial charge in [0.1, 0.15) is 0 Å². The van der Waals surface area contributed by atoms with Gasteiger partial charge in [-0.05, 0) is 137 Å². The van der Waals surface area contributed by atoms with Gasteiger partial charge in [-0.1, -0.05) is 166 Å². The number of hydrogen-bond donors (Lipinski definition) is 1. The molecule has 0 aliphatic heterocycles. The zero-order chi connectivity index (χ0) is 44.6. The zero-order valence-corrected chi connectivity index (χ0v) is 39.8. The average molecular weight is 926 g/mol. The summed E-state index contributed by atoms with van der Waals surface area (Å²) in [5.74, 6) is 0. The highest BCUT2D eigenvalue weighted by Crippen LogP contribution is 2.46. The summed E-state index contributed by atoms with van der Waals surface area (Å²) in [6, 6.07) is 83.6. The summed E-state index contributed by atoms with van der Waals surface area (Å²) in [5, 5.41) is 17.7. The normalized spacial score (nSPS) is 11.7. The molecule has 0 N–H and O–H groups in total. The Morgan fingerprint density at radius 2 is 0.761 bits per heavy atom. The molecule has 12 aromatic carbocycles. The summed E-state index contributed by atoms with van der Waals surface area (Å²) < 4.78 is 5.34. The average Bonchev–Trinajstić information content (AvgIpc) is 3.96. The lowest BCUT2D eigenvalue weighted by Crippen LogP contribution is -2.10. The summed E-state index contributed by atoms with van der Waals surface area (Å²) in [5.41, 5.74) is 8.45. The maximum atomic E-state index is 3.44. The van der Waals surface area contributed by atoms with Crippen molar-refractivity contribution in [3.8, 4) is 22.3 Å². The monoisotopic (exact) mass is 925 g/mol. The molecule has 14 aromatic rings. The third kappa shape index (κ3) is 6.70. The summed E-state index contributed by atoms with van der Waals surface area (Å²) in [4.78, 5) is 2.43. The molecular formula is C62H40NPS3. The minimum atomic E-state index is 1.12. The Bertz CT molecular complexity index is 4280. The lowest BCUT2D eigenvalue weighted by atomic mass is 9.94. The zero-order valence-electron chi connectivity index (χ0n) is 36.2. The first-order valence-electron chi connectivity index (χ1n) is 22.5. The van der Waals surface area contributed by atoms with Gasteiger partial charge in [-0.25, -0.2) is 0 Å². The highest BCUT2D eigenvalue weighted by Gasteiger charge is 2.19. The Hall–Kier alpha value is -7.04. The van der Waals surface area contributed by atoms with E-state index in [1.54, 1.807) is 0 Å². The molecule has 1 nitrogen and oxygen atoms in total. The van der Waals surface area contributed by atoms with Crippen molar-refractivity contribution >= 4 is 155 Å². The summed E-state index contributed by atoms with van der Waals surface area (Å²) >= 11 is 7.23. The van der Waals surface area contributed by atoms with Crippen LogP contribution < -0.4 is 4.90 Å². The first-order valence-corrected chi connectivity index (χ1v) is 26.2. The minimum absolute atomic E-state index is 1.12. The van der Waals surface area contributed by atoms with Crippen LogP contribution in [0.1, 0.15) is 0 Å². The van der Waals surface area contributed by atoms with Crippen LogP contribution in [0.3, 0.4) is 0 Å². The molecule has 67 heavy (non-hydrogen) atoms. The molecule has 0 aliphatic rings. The molecule has 0 spiro atoms. The fourth-order valence-electron chi connectivity index (χ4n) is 10.4. The van der Waals surface area contributed by atoms with Crippen molar-refractivity contribution in [1.82, 2.24) is 0 Å². The second-order valence-electron chi connectivity index (χ2n) is 17.2. The summed E-state index contributed by atoms with van der Waals surface area (Å²) in [7, 11) is 2.11. The van der Waals surface area contributed by atoms with E-state index in [9.17, 15) is 0 Å². The van der Waals surface area contributed by atoms with Crippen LogP contribution in [0.2, 0.25) is 0 Å². The molecule has 0 saturated heterocycles. The van der Waals surface area contributed by atoms with E-state index < -0.39 is 0 Å². The van der Waals surface area contributed by atoms with Crippen LogP contribution in [0.4, 0.5) is 17.1 Å². The van der Waals surface area contributed by atoms with Crippen molar-refractivity contribution in [1.29, 1.82) is 0 Å². The number of anilines is 3. The number of benzene rings is 12. The fourth-order valence-corrected chi connectivity index (χ4v) is 12.9. The molecule has 0 bridgehead atoms. The van der Waals surface area contributed by atoms with Crippen LogP contribution in [0.15, 0.2) is 224 Å². The molecule has 0 aliphatic carbocycles. The van der Waals surface area contributed by atoms with Gasteiger partial charge in [0.05, 0.1) is 0 Å². The molecule has 0 fully saturated rings. The summed E-state index contributed by atoms with van der Waals surface area (Å²) in [6.07, 6.45) is 0. The molecule has 0 radical (unpaired) electrons. The van der Waals surface area contributed by atoms with Gasteiger partial charge >= 0.3 is 0 Å². The Balaban J connectivity index is 0.00000220. The number of rotatable bonds is 5. The molecule has 5 heteroatoms. The second-order valence-corrected chi connectivity index (χ2v) is 19.4. The van der Waals surface area contributed by atoms with Crippen molar-refractivity contribution in [3.63, 3.8) is 0 Å². The first-order chi connectivity index (χ1) is 33.2. The number of nitrogens with zero attached hydrogens (tertiary/aromatic N) is 1. The molecule has 0 saturated carbocycles. The van der Waals surface area contributed by atoms with Gasteiger partial charge in [0.25, 0.3) is 0 Å². The number of thiol groups is 1. The van der Waals surface area contributed by atoms with Crippen LogP contribution in [0.25, 0.3) is 116 Å². The third-order valence-corrected chi connectivity index (χ3v) is 16.0. The van der Waals surface area contributed by atoms with Gasteiger partial charge in [0, 0.05) is 63.0 Å². The van der Waals surface area contributed by atoms with E-state index in [0.717, 1.165) is 17.1 Å². The van der Waals surface area contributed by atoms with Gasteiger partial charge in [0.15, 0.2) is 0 Å². The van der Waals surface area contributed by atoms with E-state index in [1.165, 1.54) is 116 Å². The smallest absolute Gasteiger partial charge is 0.0468 e. The number of thiophene rings is 2. The SMILES string of the molecule is PS.c1ccc2c(-c3ccc4cc(N(c5ccc6cc(-c7cccc8c7sc7ccccc78)ccc6c5)c5ccc6c(ccc7ccccc76)c5)ccc4c3)c3sc4ccccc4c3cc2c1. The number of fused-ring (bicyclic) bond motifs is 12. The molecular weight excluding hydrogens is 886 g/mol. The Labute approximate surface area is 403 Å². The molecule has 0 amide bonds. The molecule has 14 rings (SSSR count).